The Morgan fingerprint density at radius 1 is 1.16 bits per heavy atom. The average molecular weight is 433 g/mol. The zero-order chi connectivity index (χ0) is 22.1. The molecule has 32 heavy (non-hydrogen) atoms. The lowest BCUT2D eigenvalue weighted by Gasteiger charge is -2.32. The van der Waals surface area contributed by atoms with Gasteiger partial charge >= 0.3 is 0 Å². The Labute approximate surface area is 187 Å². The van der Waals surface area contributed by atoms with Crippen LogP contribution in [0.15, 0.2) is 41.3 Å². The van der Waals surface area contributed by atoms with Crippen molar-refractivity contribution in [2.24, 2.45) is 0 Å². The molecular weight excluding hydrogens is 404 g/mol. The first kappa shape index (κ1) is 20.6. The number of nitrogens with one attached hydrogen (secondary N) is 1. The van der Waals surface area contributed by atoms with E-state index in [9.17, 15) is 4.79 Å². The molecule has 3 aromatic heterocycles. The molecule has 1 N–H and O–H groups in total. The minimum Gasteiger partial charge on any atom is -0.351 e. The number of pyridine rings is 1. The lowest BCUT2D eigenvalue weighted by atomic mass is 9.89. The van der Waals surface area contributed by atoms with Gasteiger partial charge in [-0.2, -0.15) is 0 Å². The van der Waals surface area contributed by atoms with Gasteiger partial charge in [-0.15, -0.1) is 0 Å². The van der Waals surface area contributed by atoms with E-state index in [0.29, 0.717) is 30.8 Å². The second-order valence-corrected chi connectivity index (χ2v) is 8.98. The van der Waals surface area contributed by atoms with Gasteiger partial charge in [-0.05, 0) is 49.3 Å². The molecule has 0 atom stereocenters. The van der Waals surface area contributed by atoms with Gasteiger partial charge in [0.2, 0.25) is 11.7 Å². The van der Waals surface area contributed by atoms with Crippen LogP contribution in [0.1, 0.15) is 73.3 Å². The van der Waals surface area contributed by atoms with E-state index < -0.39 is 0 Å². The number of rotatable bonds is 6. The fourth-order valence-electron chi connectivity index (χ4n) is 4.11. The molecule has 1 aliphatic carbocycles. The van der Waals surface area contributed by atoms with Gasteiger partial charge < -0.3 is 14.7 Å². The summed E-state index contributed by atoms with van der Waals surface area (Å²) in [5, 5.41) is 7.44. The van der Waals surface area contributed by atoms with Crippen LogP contribution in [0.4, 0.5) is 5.95 Å². The molecule has 1 saturated heterocycles. The van der Waals surface area contributed by atoms with Gasteiger partial charge in [0.1, 0.15) is 0 Å². The molecule has 1 saturated carbocycles. The highest BCUT2D eigenvalue weighted by atomic mass is 16.5. The van der Waals surface area contributed by atoms with Crippen molar-refractivity contribution >= 4 is 11.9 Å². The van der Waals surface area contributed by atoms with Crippen LogP contribution in [-0.4, -0.2) is 50.0 Å². The van der Waals surface area contributed by atoms with E-state index in [1.165, 1.54) is 12.8 Å². The Morgan fingerprint density at radius 2 is 1.91 bits per heavy atom. The Balaban J connectivity index is 1.34. The zero-order valence-electron chi connectivity index (χ0n) is 18.5. The maximum atomic E-state index is 12.9. The molecule has 0 spiro atoms. The summed E-state index contributed by atoms with van der Waals surface area (Å²) in [4.78, 5) is 28.4. The molecule has 2 fully saturated rings. The molecule has 4 heterocycles. The van der Waals surface area contributed by atoms with Gasteiger partial charge in [0.05, 0.1) is 11.4 Å². The molecule has 0 bridgehead atoms. The van der Waals surface area contributed by atoms with E-state index in [4.69, 9.17) is 9.51 Å². The molecule has 0 aromatic carbocycles. The van der Waals surface area contributed by atoms with E-state index in [1.54, 1.807) is 18.5 Å². The topological polar surface area (TPSA) is 97.0 Å². The monoisotopic (exact) mass is 432 g/mol. The summed E-state index contributed by atoms with van der Waals surface area (Å²) in [5.41, 5.74) is 3.95. The van der Waals surface area contributed by atoms with Crippen molar-refractivity contribution in [2.45, 2.75) is 57.4 Å². The van der Waals surface area contributed by atoms with Crippen LogP contribution in [0.5, 0.6) is 0 Å². The number of anilines is 1. The molecule has 3 aromatic rings. The first-order valence-corrected chi connectivity index (χ1v) is 11.4. The summed E-state index contributed by atoms with van der Waals surface area (Å²) >= 11 is 0. The highest BCUT2D eigenvalue weighted by molar-refractivity contribution is 5.91. The average Bonchev–Trinajstić information content (AvgIpc) is 3.50. The van der Waals surface area contributed by atoms with Crippen LogP contribution in [0, 0.1) is 0 Å². The summed E-state index contributed by atoms with van der Waals surface area (Å²) in [6, 6.07) is 6.24. The number of carbonyl (C=O) groups excluding carboxylic acids is 1. The van der Waals surface area contributed by atoms with E-state index in [2.05, 4.69) is 20.4 Å². The zero-order valence-corrected chi connectivity index (χ0v) is 18.5. The largest absolute Gasteiger partial charge is 0.351 e. The fraction of sp³-hybridized carbons (Fsp3) is 0.458. The molecule has 0 radical (unpaired) electrons. The SMILES string of the molecule is CC(C)c1cc(C(=O)N2CCC(c3nc(NC4CC4)ncc3-c3ccncc3)CC2)on1. The maximum Gasteiger partial charge on any atom is 0.292 e. The summed E-state index contributed by atoms with van der Waals surface area (Å²) in [7, 11) is 0. The van der Waals surface area contributed by atoms with Crippen LogP contribution in [0.2, 0.25) is 0 Å². The lowest BCUT2D eigenvalue weighted by molar-refractivity contribution is 0.0670. The van der Waals surface area contributed by atoms with Gasteiger partial charge in [0.25, 0.3) is 5.91 Å². The molecular formula is C24H28N6O2. The second kappa shape index (κ2) is 8.68. The van der Waals surface area contributed by atoms with E-state index >= 15 is 0 Å². The summed E-state index contributed by atoms with van der Waals surface area (Å²) in [6.07, 6.45) is 9.53. The minimum absolute atomic E-state index is 0.0871. The van der Waals surface area contributed by atoms with Crippen molar-refractivity contribution in [2.75, 3.05) is 18.4 Å². The van der Waals surface area contributed by atoms with Crippen LogP contribution in [0.25, 0.3) is 11.1 Å². The van der Waals surface area contributed by atoms with Crippen molar-refractivity contribution in [3.63, 3.8) is 0 Å². The molecule has 8 heteroatoms. The van der Waals surface area contributed by atoms with Crippen LogP contribution >= 0.6 is 0 Å². The van der Waals surface area contributed by atoms with E-state index in [0.717, 1.165) is 35.4 Å². The number of hydrogen-bond acceptors (Lipinski definition) is 7. The van der Waals surface area contributed by atoms with Crippen molar-refractivity contribution in [3.8, 4) is 11.1 Å². The van der Waals surface area contributed by atoms with Crippen molar-refractivity contribution in [1.82, 2.24) is 25.0 Å². The Morgan fingerprint density at radius 3 is 2.56 bits per heavy atom. The number of nitrogens with zero attached hydrogens (tertiary/aromatic N) is 5. The Kier molecular flexibility index (Phi) is 5.59. The molecule has 166 valence electrons. The molecule has 0 unspecified atom stereocenters. The molecule has 8 nitrogen and oxygen atoms in total. The fourth-order valence-corrected chi connectivity index (χ4v) is 4.11. The smallest absolute Gasteiger partial charge is 0.292 e. The van der Waals surface area contributed by atoms with Gasteiger partial charge in [-0.25, -0.2) is 9.97 Å². The van der Waals surface area contributed by atoms with Gasteiger partial charge in [-0.3, -0.25) is 9.78 Å². The van der Waals surface area contributed by atoms with E-state index in [-0.39, 0.29) is 17.7 Å². The summed E-state index contributed by atoms with van der Waals surface area (Å²) in [5.74, 6) is 1.42. The lowest BCUT2D eigenvalue weighted by Crippen LogP contribution is -2.38. The van der Waals surface area contributed by atoms with Crippen molar-refractivity contribution in [3.05, 3.63) is 53.9 Å². The first-order valence-electron chi connectivity index (χ1n) is 11.4. The number of hydrogen-bond donors (Lipinski definition) is 1. The summed E-state index contributed by atoms with van der Waals surface area (Å²) in [6.45, 7) is 5.39. The van der Waals surface area contributed by atoms with Crippen LogP contribution in [0.3, 0.4) is 0 Å². The van der Waals surface area contributed by atoms with E-state index in [1.807, 2.05) is 37.1 Å². The number of carbonyl (C=O) groups is 1. The maximum absolute atomic E-state index is 12.9. The molecule has 1 amide bonds. The van der Waals surface area contributed by atoms with Crippen molar-refractivity contribution in [1.29, 1.82) is 0 Å². The number of aromatic nitrogens is 4. The predicted molar refractivity (Wildman–Crippen MR) is 120 cm³/mol. The highest BCUT2D eigenvalue weighted by Crippen LogP contribution is 2.35. The summed E-state index contributed by atoms with van der Waals surface area (Å²) < 4.78 is 5.31. The second-order valence-electron chi connectivity index (χ2n) is 8.98. The Bertz CT molecular complexity index is 1080. The van der Waals surface area contributed by atoms with Gasteiger partial charge in [-0.1, -0.05) is 19.0 Å². The highest BCUT2D eigenvalue weighted by Gasteiger charge is 2.30. The third kappa shape index (κ3) is 4.35. The number of piperidine rings is 1. The first-order chi connectivity index (χ1) is 15.6. The van der Waals surface area contributed by atoms with Crippen LogP contribution < -0.4 is 5.32 Å². The number of likely N-dealkylation sites (tertiary alicyclic amines) is 1. The third-order valence-electron chi connectivity index (χ3n) is 6.22. The standard InChI is InChI=1S/C24H28N6O2/c1-15(2)20-13-21(32-29-20)23(31)30-11-7-17(8-12-30)22-19(16-5-9-25-10-6-16)14-26-24(28-22)27-18-3-4-18/h5-6,9-10,13-15,17-18H,3-4,7-8,11-12H2,1-2H3,(H,26,27,28). The third-order valence-corrected chi connectivity index (χ3v) is 6.22. The number of amides is 1. The Hall–Kier alpha value is -3.29. The quantitative estimate of drug-likeness (QED) is 0.622. The molecule has 2 aliphatic rings. The minimum atomic E-state index is -0.0871. The van der Waals surface area contributed by atoms with Gasteiger partial charge in [0.15, 0.2) is 0 Å². The van der Waals surface area contributed by atoms with Gasteiger partial charge in [0, 0.05) is 55.3 Å². The molecule has 1 aliphatic heterocycles. The predicted octanol–water partition coefficient (Wildman–Crippen LogP) is 4.24. The molecule has 5 rings (SSSR count). The normalized spacial score (nSPS) is 17.0. The van der Waals surface area contributed by atoms with Crippen LogP contribution in [-0.2, 0) is 0 Å². The van der Waals surface area contributed by atoms with Crippen molar-refractivity contribution < 1.29 is 9.32 Å².